The highest BCUT2D eigenvalue weighted by Crippen LogP contribution is 2.26. The summed E-state index contributed by atoms with van der Waals surface area (Å²) in [4.78, 5) is 40.9. The molecule has 2 fully saturated rings. The average molecular weight is 568 g/mol. The summed E-state index contributed by atoms with van der Waals surface area (Å²) < 4.78 is 48.4. The van der Waals surface area contributed by atoms with E-state index in [9.17, 15) is 32.3 Å². The Hall–Kier alpha value is -3.78. The molecule has 3 aromatic rings. The van der Waals surface area contributed by atoms with E-state index in [1.54, 1.807) is 4.90 Å². The molecule has 4 heterocycles. The lowest BCUT2D eigenvalue weighted by Crippen LogP contribution is -2.49. The van der Waals surface area contributed by atoms with Crippen LogP contribution in [0, 0.1) is 5.82 Å². The van der Waals surface area contributed by atoms with Gasteiger partial charge in [-0.25, -0.2) is 14.2 Å². The van der Waals surface area contributed by atoms with Crippen molar-refractivity contribution < 1.29 is 37.4 Å². The maximum Gasteiger partial charge on any atom is 0.490 e. The first-order valence-corrected chi connectivity index (χ1v) is 12.7. The SMILES string of the molecule is O=C(O)C(F)(F)F.O=C(c1ccc(F)cc1)N1CCC(O)(Cn2cnc3c(ccn3C3CCNCC3)c2=O)CC1. The fraction of sp³-hybridized carbons (Fsp3) is 0.462. The lowest BCUT2D eigenvalue weighted by Gasteiger charge is -2.38. The van der Waals surface area contributed by atoms with Crippen LogP contribution in [0.2, 0.25) is 0 Å². The summed E-state index contributed by atoms with van der Waals surface area (Å²) >= 11 is 0. The summed E-state index contributed by atoms with van der Waals surface area (Å²) in [6.45, 7) is 2.77. The molecule has 2 aliphatic rings. The Morgan fingerprint density at radius 1 is 1.07 bits per heavy atom. The van der Waals surface area contributed by atoms with Crippen molar-refractivity contribution in [1.29, 1.82) is 0 Å². The second-order valence-corrected chi connectivity index (χ2v) is 9.95. The number of carboxylic acid groups (broad SMARTS) is 1. The van der Waals surface area contributed by atoms with Crippen LogP contribution >= 0.6 is 0 Å². The van der Waals surface area contributed by atoms with Gasteiger partial charge >= 0.3 is 12.1 Å². The molecular formula is C26H29F4N5O5. The minimum atomic E-state index is -5.08. The standard InChI is InChI=1S/C24H28FN5O3.C2HF3O2/c25-18-3-1-17(2-4-18)22(31)28-13-8-24(33,9-14-28)15-29-16-27-21-20(23(29)32)7-12-30(21)19-5-10-26-11-6-19;3-2(4,5)1(6)7/h1-4,7,12,16,19,26,33H,5-6,8-11,13-15H2;(H,6,7). The second-order valence-electron chi connectivity index (χ2n) is 9.95. The van der Waals surface area contributed by atoms with Crippen molar-refractivity contribution in [3.8, 4) is 0 Å². The van der Waals surface area contributed by atoms with Crippen LogP contribution in [0.4, 0.5) is 17.6 Å². The van der Waals surface area contributed by atoms with E-state index in [0.717, 1.165) is 25.9 Å². The molecule has 2 aromatic heterocycles. The predicted octanol–water partition coefficient (Wildman–Crippen LogP) is 2.56. The largest absolute Gasteiger partial charge is 0.490 e. The number of aromatic nitrogens is 3. The van der Waals surface area contributed by atoms with Gasteiger partial charge in [0.2, 0.25) is 0 Å². The molecule has 1 aromatic carbocycles. The monoisotopic (exact) mass is 567 g/mol. The normalized spacial score (nSPS) is 17.8. The minimum Gasteiger partial charge on any atom is -0.475 e. The summed E-state index contributed by atoms with van der Waals surface area (Å²) in [6.07, 6.45) is 1.08. The maximum absolute atomic E-state index is 13.1. The number of amides is 1. The molecule has 0 bridgehead atoms. The van der Waals surface area contributed by atoms with Crippen molar-refractivity contribution in [3.63, 3.8) is 0 Å². The summed E-state index contributed by atoms with van der Waals surface area (Å²) in [5.74, 6) is -3.33. The minimum absolute atomic E-state index is 0.131. The average Bonchev–Trinajstić information content (AvgIpc) is 3.36. The number of nitrogens with one attached hydrogen (secondary N) is 1. The third-order valence-corrected chi connectivity index (χ3v) is 7.18. The van der Waals surface area contributed by atoms with Crippen LogP contribution in [0.25, 0.3) is 11.0 Å². The Labute approximate surface area is 225 Å². The third-order valence-electron chi connectivity index (χ3n) is 7.18. The van der Waals surface area contributed by atoms with Crippen molar-refractivity contribution in [2.45, 2.75) is 50.0 Å². The molecule has 1 amide bonds. The molecule has 0 spiro atoms. The van der Waals surface area contributed by atoms with Gasteiger partial charge in [0, 0.05) is 30.9 Å². The Morgan fingerprint density at radius 3 is 2.25 bits per heavy atom. The van der Waals surface area contributed by atoms with Gasteiger partial charge < -0.3 is 25.0 Å². The third kappa shape index (κ3) is 6.67. The molecule has 0 saturated carbocycles. The van der Waals surface area contributed by atoms with Crippen molar-refractivity contribution in [3.05, 3.63) is 64.6 Å². The molecule has 10 nitrogen and oxygen atoms in total. The molecule has 0 radical (unpaired) electrons. The first kappa shape index (κ1) is 29.2. The van der Waals surface area contributed by atoms with E-state index in [0.29, 0.717) is 48.6 Å². The highest BCUT2D eigenvalue weighted by atomic mass is 19.4. The number of carbonyl (C=O) groups excluding carboxylic acids is 1. The number of piperidine rings is 2. The quantitative estimate of drug-likeness (QED) is 0.414. The number of benzene rings is 1. The molecule has 3 N–H and O–H groups in total. The lowest BCUT2D eigenvalue weighted by molar-refractivity contribution is -0.192. The number of carboxylic acids is 1. The zero-order chi connectivity index (χ0) is 29.1. The number of likely N-dealkylation sites (tertiary alicyclic amines) is 1. The van der Waals surface area contributed by atoms with Crippen LogP contribution in [0.5, 0.6) is 0 Å². The predicted molar refractivity (Wildman–Crippen MR) is 135 cm³/mol. The van der Waals surface area contributed by atoms with Crippen LogP contribution in [-0.4, -0.2) is 79.1 Å². The Morgan fingerprint density at radius 2 is 1.68 bits per heavy atom. The number of fused-ring (bicyclic) bond motifs is 1. The molecule has 216 valence electrons. The number of aliphatic carboxylic acids is 1. The smallest absolute Gasteiger partial charge is 0.475 e. The fourth-order valence-electron chi connectivity index (χ4n) is 4.94. The number of rotatable bonds is 4. The molecular weight excluding hydrogens is 538 g/mol. The van der Waals surface area contributed by atoms with E-state index < -0.39 is 17.7 Å². The molecule has 0 aliphatic carbocycles. The number of hydrogen-bond acceptors (Lipinski definition) is 6. The van der Waals surface area contributed by atoms with Crippen LogP contribution in [-0.2, 0) is 11.3 Å². The van der Waals surface area contributed by atoms with Crippen molar-refractivity contribution in [2.24, 2.45) is 0 Å². The molecule has 2 aliphatic heterocycles. The topological polar surface area (TPSA) is 130 Å². The van der Waals surface area contributed by atoms with Gasteiger partial charge in [0.05, 0.1) is 17.5 Å². The van der Waals surface area contributed by atoms with Crippen LogP contribution in [0.15, 0.2) is 47.7 Å². The summed E-state index contributed by atoms with van der Waals surface area (Å²) in [7, 11) is 0. The number of carbonyl (C=O) groups is 2. The number of aliphatic hydroxyl groups is 1. The van der Waals surface area contributed by atoms with Crippen molar-refractivity contribution in [1.82, 2.24) is 24.3 Å². The molecule has 2 saturated heterocycles. The zero-order valence-corrected chi connectivity index (χ0v) is 21.4. The first-order valence-electron chi connectivity index (χ1n) is 12.7. The summed E-state index contributed by atoms with van der Waals surface area (Å²) in [5.41, 5.74) is -0.150. The number of halogens is 4. The highest BCUT2D eigenvalue weighted by Gasteiger charge is 2.38. The van der Waals surface area contributed by atoms with Crippen LogP contribution in [0.3, 0.4) is 0 Å². The molecule has 0 atom stereocenters. The summed E-state index contributed by atoms with van der Waals surface area (Å²) in [5, 5.41) is 22.2. The van der Waals surface area contributed by atoms with Gasteiger partial charge in [-0.15, -0.1) is 0 Å². The highest BCUT2D eigenvalue weighted by molar-refractivity contribution is 5.94. The lowest BCUT2D eigenvalue weighted by atomic mass is 9.91. The molecule has 5 rings (SSSR count). The van der Waals surface area contributed by atoms with Gasteiger partial charge in [0.15, 0.2) is 0 Å². The van der Waals surface area contributed by atoms with E-state index in [2.05, 4.69) is 14.9 Å². The van der Waals surface area contributed by atoms with Gasteiger partial charge in [0.1, 0.15) is 17.8 Å². The van der Waals surface area contributed by atoms with E-state index in [1.165, 1.54) is 35.2 Å². The second kappa shape index (κ2) is 11.8. The molecule has 14 heteroatoms. The van der Waals surface area contributed by atoms with E-state index in [-0.39, 0.29) is 23.8 Å². The van der Waals surface area contributed by atoms with Crippen LogP contribution < -0.4 is 10.9 Å². The van der Waals surface area contributed by atoms with E-state index in [1.807, 2.05) is 12.3 Å². The van der Waals surface area contributed by atoms with Gasteiger partial charge in [-0.1, -0.05) is 0 Å². The molecule has 40 heavy (non-hydrogen) atoms. The zero-order valence-electron chi connectivity index (χ0n) is 21.4. The summed E-state index contributed by atoms with van der Waals surface area (Å²) in [6, 6.07) is 7.61. The Kier molecular flexibility index (Phi) is 8.59. The van der Waals surface area contributed by atoms with Gasteiger partial charge in [-0.3, -0.25) is 14.2 Å². The molecule has 0 unspecified atom stereocenters. The fourth-order valence-corrected chi connectivity index (χ4v) is 4.94. The Bertz CT molecular complexity index is 1410. The maximum atomic E-state index is 13.1. The van der Waals surface area contributed by atoms with Crippen molar-refractivity contribution >= 4 is 22.9 Å². The number of nitrogens with zero attached hydrogens (tertiary/aromatic N) is 4. The van der Waals surface area contributed by atoms with Gasteiger partial charge in [0.25, 0.3) is 11.5 Å². The van der Waals surface area contributed by atoms with Crippen molar-refractivity contribution in [2.75, 3.05) is 26.2 Å². The van der Waals surface area contributed by atoms with E-state index in [4.69, 9.17) is 9.90 Å². The van der Waals surface area contributed by atoms with Gasteiger partial charge in [-0.05, 0) is 69.1 Å². The van der Waals surface area contributed by atoms with E-state index >= 15 is 0 Å². The first-order chi connectivity index (χ1) is 18.9. The number of alkyl halides is 3. The Balaban J connectivity index is 0.000000470. The van der Waals surface area contributed by atoms with Crippen LogP contribution in [0.1, 0.15) is 42.1 Å². The van der Waals surface area contributed by atoms with Gasteiger partial charge in [-0.2, -0.15) is 13.2 Å². The number of hydrogen-bond donors (Lipinski definition) is 3.